The van der Waals surface area contributed by atoms with E-state index in [1.54, 1.807) is 25.4 Å². The van der Waals surface area contributed by atoms with Crippen molar-refractivity contribution in [2.24, 2.45) is 0 Å². The summed E-state index contributed by atoms with van der Waals surface area (Å²) in [6, 6.07) is 0. The van der Waals surface area contributed by atoms with Crippen LogP contribution in [0.4, 0.5) is 0 Å². The highest BCUT2D eigenvalue weighted by Gasteiger charge is 2.07. The Balaban J connectivity index is 0. The van der Waals surface area contributed by atoms with Gasteiger partial charge < -0.3 is 5.11 Å². The van der Waals surface area contributed by atoms with Crippen LogP contribution in [0.3, 0.4) is 0 Å². The third kappa shape index (κ3) is 30.1. The topological polar surface area (TPSA) is 37.3 Å². The van der Waals surface area contributed by atoms with Gasteiger partial charge in [0.1, 0.15) is 0 Å². The van der Waals surface area contributed by atoms with Crippen molar-refractivity contribution in [1.29, 1.82) is 0 Å². The first-order valence-electron chi connectivity index (χ1n) is 13.6. The van der Waals surface area contributed by atoms with Gasteiger partial charge in [-0.3, -0.25) is 4.79 Å². The Morgan fingerprint density at radius 1 is 0.500 bits per heavy atom. The van der Waals surface area contributed by atoms with Crippen molar-refractivity contribution in [2.45, 2.75) is 150 Å². The fraction of sp³-hybridized carbons (Fsp3) is 0.963. The van der Waals surface area contributed by atoms with E-state index in [-0.39, 0.29) is 6.42 Å². The van der Waals surface area contributed by atoms with Crippen LogP contribution >= 0.6 is 7.92 Å². The highest BCUT2D eigenvalue weighted by atomic mass is 31.1. The van der Waals surface area contributed by atoms with E-state index in [0.29, 0.717) is 7.92 Å². The summed E-state index contributed by atoms with van der Waals surface area (Å²) in [5.41, 5.74) is 0. The summed E-state index contributed by atoms with van der Waals surface area (Å²) < 4.78 is 0. The van der Waals surface area contributed by atoms with Gasteiger partial charge in [0, 0.05) is 6.42 Å². The number of hydrogen-bond acceptors (Lipinski definition) is 1. The minimum atomic E-state index is -0.745. The summed E-state index contributed by atoms with van der Waals surface area (Å²) in [4.78, 5) is 9.37. The maximum Gasteiger partial charge on any atom is 0.303 e. The number of aliphatic carboxylic acids is 1. The first kappa shape index (κ1) is 32.1. The molecule has 0 saturated carbocycles. The Morgan fingerprint density at radius 2 is 0.733 bits per heavy atom. The van der Waals surface area contributed by atoms with Gasteiger partial charge in [0.2, 0.25) is 0 Å². The van der Waals surface area contributed by atoms with E-state index in [0.717, 1.165) is 0 Å². The van der Waals surface area contributed by atoms with Gasteiger partial charge in [-0.1, -0.05) is 124 Å². The molecule has 3 heteroatoms. The van der Waals surface area contributed by atoms with Crippen molar-refractivity contribution in [3.63, 3.8) is 0 Å². The molecule has 0 atom stereocenters. The molecule has 0 aromatic carbocycles. The molecule has 0 aromatic rings. The number of unbranched alkanes of at least 4 members (excludes halogenated alkanes) is 15. The fourth-order valence-corrected chi connectivity index (χ4v) is 6.37. The zero-order valence-corrected chi connectivity index (χ0v) is 22.3. The third-order valence-corrected chi connectivity index (χ3v) is 8.63. The molecule has 0 aliphatic heterocycles. The van der Waals surface area contributed by atoms with Crippen LogP contribution in [0.2, 0.25) is 0 Å². The van der Waals surface area contributed by atoms with Crippen LogP contribution in [-0.2, 0) is 4.79 Å². The quantitative estimate of drug-likeness (QED) is 0.133. The Bertz CT molecular complexity index is 282. The number of rotatable bonds is 22. The van der Waals surface area contributed by atoms with Crippen LogP contribution in [0.25, 0.3) is 0 Å². The summed E-state index contributed by atoms with van der Waals surface area (Å²) in [5, 5.41) is 7.72. The van der Waals surface area contributed by atoms with Crippen molar-refractivity contribution in [3.05, 3.63) is 0 Å². The number of hydrogen-bond donors (Lipinski definition) is 1. The summed E-state index contributed by atoms with van der Waals surface area (Å²) in [6.45, 7) is 8.56. The van der Waals surface area contributed by atoms with Crippen molar-refractivity contribution in [3.8, 4) is 0 Å². The molecule has 1 N–H and O–H groups in total. The van der Waals surface area contributed by atoms with Crippen LogP contribution in [0, 0.1) is 0 Å². The molecule has 0 spiro atoms. The molecule has 0 bridgehead atoms. The smallest absolute Gasteiger partial charge is 0.303 e. The van der Waals surface area contributed by atoms with E-state index in [4.69, 9.17) is 5.11 Å². The average Bonchev–Trinajstić information content (AvgIpc) is 2.75. The second-order valence-corrected chi connectivity index (χ2v) is 11.6. The fourth-order valence-electron chi connectivity index (χ4n) is 3.68. The van der Waals surface area contributed by atoms with E-state index in [2.05, 4.69) is 20.8 Å². The molecule has 0 aliphatic rings. The average molecular weight is 445 g/mol. The van der Waals surface area contributed by atoms with Gasteiger partial charge in [-0.25, -0.2) is 0 Å². The lowest BCUT2D eigenvalue weighted by atomic mass is 10.1. The number of carbonyl (C=O) groups is 1. The van der Waals surface area contributed by atoms with Gasteiger partial charge in [-0.05, 0) is 37.7 Å². The van der Waals surface area contributed by atoms with Gasteiger partial charge in [0.25, 0.3) is 0 Å². The molecule has 0 saturated heterocycles. The first-order chi connectivity index (χ1) is 14.6. The molecule has 182 valence electrons. The predicted molar refractivity (Wildman–Crippen MR) is 140 cm³/mol. The monoisotopic (exact) mass is 444 g/mol. The third-order valence-electron chi connectivity index (χ3n) is 5.79. The molecule has 0 heterocycles. The van der Waals surface area contributed by atoms with Gasteiger partial charge in [-0.15, -0.1) is 7.92 Å². The summed E-state index contributed by atoms with van der Waals surface area (Å²) >= 11 is 0. The molecule has 0 rings (SSSR count). The van der Waals surface area contributed by atoms with Crippen molar-refractivity contribution in [1.82, 2.24) is 0 Å². The largest absolute Gasteiger partial charge is 0.481 e. The SMILES string of the molecule is CCC(=O)O.CCCCCCCCP(CCCCCCCC)CCCCCCCC. The van der Waals surface area contributed by atoms with Crippen LogP contribution in [-0.4, -0.2) is 29.6 Å². The van der Waals surface area contributed by atoms with Crippen molar-refractivity contribution >= 4 is 13.9 Å². The number of carboxylic acids is 1. The first-order valence-corrected chi connectivity index (χ1v) is 15.5. The molecule has 2 nitrogen and oxygen atoms in total. The molecular weight excluding hydrogens is 387 g/mol. The van der Waals surface area contributed by atoms with Crippen molar-refractivity contribution < 1.29 is 9.90 Å². The van der Waals surface area contributed by atoms with Gasteiger partial charge in [0.05, 0.1) is 0 Å². The maximum atomic E-state index is 9.37. The lowest BCUT2D eigenvalue weighted by Gasteiger charge is -2.18. The second-order valence-electron chi connectivity index (χ2n) is 8.89. The zero-order chi connectivity index (χ0) is 22.7. The van der Waals surface area contributed by atoms with E-state index >= 15 is 0 Å². The molecule has 0 aliphatic carbocycles. The Kier molecular flexibility index (Phi) is 30.9. The van der Waals surface area contributed by atoms with Gasteiger partial charge >= 0.3 is 5.97 Å². The summed E-state index contributed by atoms with van der Waals surface area (Å²) in [7, 11) is 0.366. The minimum Gasteiger partial charge on any atom is -0.481 e. The lowest BCUT2D eigenvalue weighted by Crippen LogP contribution is -1.97. The van der Waals surface area contributed by atoms with Crippen LogP contribution in [0.15, 0.2) is 0 Å². The highest BCUT2D eigenvalue weighted by Crippen LogP contribution is 2.39. The van der Waals surface area contributed by atoms with Crippen LogP contribution in [0.1, 0.15) is 150 Å². The van der Waals surface area contributed by atoms with E-state index in [9.17, 15) is 4.79 Å². The Labute approximate surface area is 192 Å². The van der Waals surface area contributed by atoms with E-state index < -0.39 is 5.97 Å². The Morgan fingerprint density at radius 3 is 0.967 bits per heavy atom. The zero-order valence-electron chi connectivity index (χ0n) is 21.4. The summed E-state index contributed by atoms with van der Waals surface area (Å²) in [5.74, 6) is -0.745. The van der Waals surface area contributed by atoms with Crippen molar-refractivity contribution in [2.75, 3.05) is 18.5 Å². The molecular formula is C27H57O2P. The second kappa shape index (κ2) is 28.9. The minimum absolute atomic E-state index is 0.222. The normalized spacial score (nSPS) is 10.8. The highest BCUT2D eigenvalue weighted by molar-refractivity contribution is 7.57. The molecule has 30 heavy (non-hydrogen) atoms. The standard InChI is InChI=1S/C24H51P.C3H6O2/c1-4-7-10-13-16-19-22-25(23-20-17-14-11-8-5-2)24-21-18-15-12-9-6-3;1-2-3(4)5/h4-24H2,1-3H3;2H2,1H3,(H,4,5). The molecule has 0 aromatic heterocycles. The van der Waals surface area contributed by atoms with E-state index in [1.807, 2.05) is 0 Å². The van der Waals surface area contributed by atoms with Gasteiger partial charge in [-0.2, -0.15) is 0 Å². The summed E-state index contributed by atoms with van der Waals surface area (Å²) in [6.07, 6.45) is 31.5. The molecule has 0 fully saturated rings. The lowest BCUT2D eigenvalue weighted by molar-refractivity contribution is -0.136. The maximum absolute atomic E-state index is 9.37. The van der Waals surface area contributed by atoms with Gasteiger partial charge in [0.15, 0.2) is 0 Å². The van der Waals surface area contributed by atoms with Crippen LogP contribution < -0.4 is 0 Å². The molecule has 0 unspecified atom stereocenters. The number of carboxylic acid groups (broad SMARTS) is 1. The molecule has 0 radical (unpaired) electrons. The Hall–Kier alpha value is -0.100. The predicted octanol–water partition coefficient (Wildman–Crippen LogP) is 10.0. The van der Waals surface area contributed by atoms with E-state index in [1.165, 1.54) is 116 Å². The molecule has 0 amide bonds. The van der Waals surface area contributed by atoms with Crippen LogP contribution in [0.5, 0.6) is 0 Å².